The Balaban J connectivity index is 2.09. The second-order valence-electron chi connectivity index (χ2n) is 4.72. The summed E-state index contributed by atoms with van der Waals surface area (Å²) in [6.45, 7) is 3.65. The zero-order valence-electron chi connectivity index (χ0n) is 10.9. The van der Waals surface area contributed by atoms with Crippen molar-refractivity contribution >= 4 is 6.03 Å². The third-order valence-corrected chi connectivity index (χ3v) is 3.36. The van der Waals surface area contributed by atoms with E-state index in [0.717, 1.165) is 37.9 Å². The highest BCUT2D eigenvalue weighted by molar-refractivity contribution is 5.74. The number of piperidine rings is 1. The number of rotatable bonds is 3. The quantitative estimate of drug-likeness (QED) is 0.892. The lowest BCUT2D eigenvalue weighted by Crippen LogP contribution is -2.44. The predicted molar refractivity (Wildman–Crippen MR) is 71.2 cm³/mol. The molecule has 1 saturated heterocycles. The summed E-state index contributed by atoms with van der Waals surface area (Å²) in [5.74, 6) is 0. The summed E-state index contributed by atoms with van der Waals surface area (Å²) in [6, 6.07) is 4.24. The van der Waals surface area contributed by atoms with E-state index in [4.69, 9.17) is 0 Å². The van der Waals surface area contributed by atoms with E-state index < -0.39 is 0 Å². The van der Waals surface area contributed by atoms with Gasteiger partial charge in [0.25, 0.3) is 0 Å². The Hall–Kier alpha value is -1.58. The van der Waals surface area contributed by atoms with Crippen LogP contribution in [-0.4, -0.2) is 29.0 Å². The molecule has 1 aliphatic heterocycles. The lowest BCUT2D eigenvalue weighted by Gasteiger charge is -2.35. The lowest BCUT2D eigenvalue weighted by atomic mass is 9.97. The molecule has 1 N–H and O–H groups in total. The minimum absolute atomic E-state index is 0.0606. The number of carbonyl (C=O) groups excluding carboxylic acids is 1. The molecule has 1 fully saturated rings. The van der Waals surface area contributed by atoms with Crippen molar-refractivity contribution in [3.8, 4) is 0 Å². The molecule has 2 amide bonds. The third-order valence-electron chi connectivity index (χ3n) is 3.36. The van der Waals surface area contributed by atoms with Gasteiger partial charge in [0.15, 0.2) is 0 Å². The molecule has 0 radical (unpaired) electrons. The van der Waals surface area contributed by atoms with Gasteiger partial charge in [0.05, 0.1) is 6.04 Å². The van der Waals surface area contributed by atoms with Gasteiger partial charge in [-0.2, -0.15) is 0 Å². The second-order valence-corrected chi connectivity index (χ2v) is 4.72. The number of aromatic nitrogens is 1. The van der Waals surface area contributed by atoms with Crippen LogP contribution in [0, 0.1) is 0 Å². The van der Waals surface area contributed by atoms with Gasteiger partial charge < -0.3 is 10.2 Å². The van der Waals surface area contributed by atoms with E-state index in [2.05, 4.69) is 23.3 Å². The van der Waals surface area contributed by atoms with E-state index in [1.54, 1.807) is 6.20 Å². The molecule has 2 rings (SSSR count). The normalized spacial score (nSPS) is 19.6. The maximum atomic E-state index is 12.1. The highest BCUT2D eigenvalue weighted by Crippen LogP contribution is 2.30. The molecule has 4 heteroatoms. The number of amides is 2. The van der Waals surface area contributed by atoms with Crippen LogP contribution in [0.1, 0.15) is 44.2 Å². The number of hydrogen-bond acceptors (Lipinski definition) is 2. The van der Waals surface area contributed by atoms with Crippen LogP contribution in [-0.2, 0) is 0 Å². The number of nitrogens with one attached hydrogen (secondary N) is 1. The number of likely N-dealkylation sites (tertiary alicyclic amines) is 1. The fraction of sp³-hybridized carbons (Fsp3) is 0.571. The van der Waals surface area contributed by atoms with Crippen LogP contribution in [0.2, 0.25) is 0 Å². The molecular formula is C14H21N3O. The minimum Gasteiger partial charge on any atom is -0.338 e. The first-order valence-corrected chi connectivity index (χ1v) is 6.77. The van der Waals surface area contributed by atoms with E-state index >= 15 is 0 Å². The zero-order valence-corrected chi connectivity index (χ0v) is 10.9. The van der Waals surface area contributed by atoms with Gasteiger partial charge in [-0.15, -0.1) is 0 Å². The molecule has 4 nitrogen and oxygen atoms in total. The minimum atomic E-state index is 0.0606. The van der Waals surface area contributed by atoms with Crippen LogP contribution in [0.4, 0.5) is 4.79 Å². The van der Waals surface area contributed by atoms with Crippen LogP contribution in [0.3, 0.4) is 0 Å². The highest BCUT2D eigenvalue weighted by Gasteiger charge is 2.27. The first kappa shape index (κ1) is 12.9. The van der Waals surface area contributed by atoms with Gasteiger partial charge in [0.1, 0.15) is 0 Å². The Morgan fingerprint density at radius 1 is 1.56 bits per heavy atom. The Bertz CT molecular complexity index is 380. The van der Waals surface area contributed by atoms with Crippen molar-refractivity contribution in [1.82, 2.24) is 15.2 Å². The zero-order chi connectivity index (χ0) is 12.8. The summed E-state index contributed by atoms with van der Waals surface area (Å²) in [7, 11) is 0. The van der Waals surface area contributed by atoms with Crippen molar-refractivity contribution in [3.05, 3.63) is 30.1 Å². The van der Waals surface area contributed by atoms with Crippen molar-refractivity contribution in [2.45, 2.75) is 38.6 Å². The smallest absolute Gasteiger partial charge is 0.317 e. The standard InChI is InChI=1S/C14H21N3O/c1-2-8-16-14(18)17-10-4-3-7-13(17)12-6-5-9-15-11-12/h5-6,9,11,13H,2-4,7-8,10H2,1H3,(H,16,18)/t13-/m1/s1. The first-order chi connectivity index (χ1) is 8.83. The van der Waals surface area contributed by atoms with Crippen molar-refractivity contribution in [1.29, 1.82) is 0 Å². The first-order valence-electron chi connectivity index (χ1n) is 6.77. The van der Waals surface area contributed by atoms with Crippen molar-refractivity contribution in [3.63, 3.8) is 0 Å². The predicted octanol–water partition coefficient (Wildman–Crippen LogP) is 2.73. The summed E-state index contributed by atoms with van der Waals surface area (Å²) >= 11 is 0. The van der Waals surface area contributed by atoms with E-state index in [1.807, 2.05) is 17.2 Å². The summed E-state index contributed by atoms with van der Waals surface area (Å²) in [6.07, 6.45) is 7.92. The fourth-order valence-corrected chi connectivity index (χ4v) is 2.43. The maximum Gasteiger partial charge on any atom is 0.317 e. The summed E-state index contributed by atoms with van der Waals surface area (Å²) in [5.41, 5.74) is 1.14. The van der Waals surface area contributed by atoms with Crippen LogP contribution in [0.15, 0.2) is 24.5 Å². The molecule has 0 aliphatic carbocycles. The molecular weight excluding hydrogens is 226 g/mol. The molecule has 1 aliphatic rings. The monoisotopic (exact) mass is 247 g/mol. The van der Waals surface area contributed by atoms with Gasteiger partial charge in [-0.3, -0.25) is 4.98 Å². The molecule has 1 atom stereocenters. The SMILES string of the molecule is CCCNC(=O)N1CCCC[C@@H]1c1cccnc1. The largest absolute Gasteiger partial charge is 0.338 e. The molecule has 1 aromatic rings. The summed E-state index contributed by atoms with van der Waals surface area (Å²) in [5, 5.41) is 2.97. The maximum absolute atomic E-state index is 12.1. The fourth-order valence-electron chi connectivity index (χ4n) is 2.43. The molecule has 18 heavy (non-hydrogen) atoms. The third kappa shape index (κ3) is 3.00. The van der Waals surface area contributed by atoms with Crippen LogP contribution < -0.4 is 5.32 Å². The van der Waals surface area contributed by atoms with E-state index in [0.29, 0.717) is 0 Å². The molecule has 0 bridgehead atoms. The lowest BCUT2D eigenvalue weighted by molar-refractivity contribution is 0.151. The van der Waals surface area contributed by atoms with Crippen LogP contribution >= 0.6 is 0 Å². The van der Waals surface area contributed by atoms with Gasteiger partial charge in [-0.05, 0) is 37.3 Å². The Morgan fingerprint density at radius 3 is 3.17 bits per heavy atom. The molecule has 0 unspecified atom stereocenters. The second kappa shape index (κ2) is 6.38. The molecule has 0 saturated carbocycles. The van der Waals surface area contributed by atoms with E-state index in [1.165, 1.54) is 6.42 Å². The van der Waals surface area contributed by atoms with Crippen molar-refractivity contribution < 1.29 is 4.79 Å². The van der Waals surface area contributed by atoms with Crippen molar-refractivity contribution in [2.75, 3.05) is 13.1 Å². The average molecular weight is 247 g/mol. The van der Waals surface area contributed by atoms with Gasteiger partial charge >= 0.3 is 6.03 Å². The Morgan fingerprint density at radius 2 is 2.44 bits per heavy atom. The highest BCUT2D eigenvalue weighted by atomic mass is 16.2. The number of hydrogen-bond donors (Lipinski definition) is 1. The summed E-state index contributed by atoms with van der Waals surface area (Å²) in [4.78, 5) is 18.2. The Kier molecular flexibility index (Phi) is 4.56. The number of carbonyl (C=O) groups is 1. The molecule has 2 heterocycles. The van der Waals surface area contributed by atoms with E-state index in [-0.39, 0.29) is 12.1 Å². The van der Waals surface area contributed by atoms with Crippen LogP contribution in [0.25, 0.3) is 0 Å². The Labute approximate surface area is 108 Å². The van der Waals surface area contributed by atoms with Crippen molar-refractivity contribution in [2.24, 2.45) is 0 Å². The number of urea groups is 1. The van der Waals surface area contributed by atoms with Gasteiger partial charge in [-0.25, -0.2) is 4.79 Å². The van der Waals surface area contributed by atoms with E-state index in [9.17, 15) is 4.79 Å². The number of pyridine rings is 1. The van der Waals surface area contributed by atoms with Gasteiger partial charge in [0.2, 0.25) is 0 Å². The van der Waals surface area contributed by atoms with Gasteiger partial charge in [0, 0.05) is 25.5 Å². The molecule has 1 aromatic heterocycles. The molecule has 0 spiro atoms. The molecule has 0 aromatic carbocycles. The van der Waals surface area contributed by atoms with Gasteiger partial charge in [-0.1, -0.05) is 13.0 Å². The number of nitrogens with zero attached hydrogens (tertiary/aromatic N) is 2. The summed E-state index contributed by atoms with van der Waals surface area (Å²) < 4.78 is 0. The molecule has 98 valence electrons. The topological polar surface area (TPSA) is 45.2 Å². The average Bonchev–Trinajstić information content (AvgIpc) is 2.45. The van der Waals surface area contributed by atoms with Crippen LogP contribution in [0.5, 0.6) is 0 Å².